The first-order valence-electron chi connectivity index (χ1n) is 4.95. The lowest BCUT2D eigenvalue weighted by atomic mass is 10.4. The number of aliphatic carboxylic acids is 1. The number of benzene rings is 1. The number of hydrogen-bond acceptors (Lipinski definition) is 3. The summed E-state index contributed by atoms with van der Waals surface area (Å²) in [5.41, 5.74) is -0.0775. The number of carbonyl (C=O) groups excluding carboxylic acids is 1. The van der Waals surface area contributed by atoms with Gasteiger partial charge in [0.25, 0.3) is 0 Å². The number of amides is 1. The molecular formula is C12H13NO3S. The maximum Gasteiger partial charge on any atom is 0.353 e. The summed E-state index contributed by atoms with van der Waals surface area (Å²) < 4.78 is 0. The summed E-state index contributed by atoms with van der Waals surface area (Å²) in [7, 11) is 0. The second-order valence-corrected chi connectivity index (χ2v) is 4.62. The highest BCUT2D eigenvalue weighted by Crippen LogP contribution is 2.27. The van der Waals surface area contributed by atoms with Crippen molar-refractivity contribution in [1.82, 2.24) is 5.32 Å². The van der Waals surface area contributed by atoms with Crippen molar-refractivity contribution in [2.75, 3.05) is 0 Å². The zero-order chi connectivity index (χ0) is 12.8. The largest absolute Gasteiger partial charge is 0.477 e. The number of allylic oxidation sites excluding steroid dienone is 1. The molecule has 0 aliphatic carbocycles. The fraction of sp³-hybridized carbons (Fsp3) is 0.167. The molecule has 0 aliphatic heterocycles. The quantitative estimate of drug-likeness (QED) is 0.636. The molecule has 0 saturated heterocycles. The van der Waals surface area contributed by atoms with E-state index in [4.69, 9.17) is 5.11 Å². The van der Waals surface area contributed by atoms with Gasteiger partial charge in [-0.15, -0.1) is 0 Å². The lowest BCUT2D eigenvalue weighted by Gasteiger charge is -2.08. The number of carbonyl (C=O) groups is 2. The maximum absolute atomic E-state index is 11.0. The van der Waals surface area contributed by atoms with Crippen LogP contribution >= 0.6 is 11.8 Å². The monoisotopic (exact) mass is 251 g/mol. The van der Waals surface area contributed by atoms with Crippen LogP contribution in [0.2, 0.25) is 0 Å². The molecule has 2 N–H and O–H groups in total. The van der Waals surface area contributed by atoms with Crippen molar-refractivity contribution in [2.45, 2.75) is 18.7 Å². The van der Waals surface area contributed by atoms with E-state index in [2.05, 4.69) is 5.32 Å². The van der Waals surface area contributed by atoms with Crippen LogP contribution < -0.4 is 5.32 Å². The van der Waals surface area contributed by atoms with Gasteiger partial charge in [0.2, 0.25) is 5.91 Å². The summed E-state index contributed by atoms with van der Waals surface area (Å²) in [4.78, 5) is 23.3. The van der Waals surface area contributed by atoms with Gasteiger partial charge in [-0.25, -0.2) is 4.79 Å². The smallest absolute Gasteiger partial charge is 0.353 e. The Morgan fingerprint density at radius 3 is 2.24 bits per heavy atom. The van der Waals surface area contributed by atoms with E-state index in [-0.39, 0.29) is 5.70 Å². The minimum atomic E-state index is -1.14. The average Bonchev–Trinajstić information content (AvgIpc) is 2.26. The molecule has 4 nitrogen and oxygen atoms in total. The molecule has 0 atom stereocenters. The molecule has 0 aliphatic rings. The third kappa shape index (κ3) is 4.32. The SMILES string of the molecule is CC(=O)NC(C(=O)O)=C(C)Sc1ccccc1. The highest BCUT2D eigenvalue weighted by atomic mass is 32.2. The van der Waals surface area contributed by atoms with Crippen LogP contribution in [0.5, 0.6) is 0 Å². The number of nitrogens with one attached hydrogen (secondary N) is 1. The first-order valence-corrected chi connectivity index (χ1v) is 5.77. The molecule has 0 unspecified atom stereocenters. The standard InChI is InChI=1S/C12H13NO3S/c1-8(11(12(15)16)13-9(2)14)17-10-6-4-3-5-7-10/h3-7H,1-2H3,(H,13,14)(H,15,16). The molecule has 5 heteroatoms. The number of carboxylic acid groups (broad SMARTS) is 1. The van der Waals surface area contributed by atoms with Crippen molar-refractivity contribution >= 4 is 23.6 Å². The number of carboxylic acids is 1. The van der Waals surface area contributed by atoms with Crippen molar-refractivity contribution in [3.8, 4) is 0 Å². The Kier molecular flexibility index (Phi) is 4.78. The van der Waals surface area contributed by atoms with Gasteiger partial charge in [0.05, 0.1) is 0 Å². The second kappa shape index (κ2) is 6.10. The van der Waals surface area contributed by atoms with Crippen LogP contribution in [-0.4, -0.2) is 17.0 Å². The summed E-state index contributed by atoms with van der Waals surface area (Å²) in [6.07, 6.45) is 0. The maximum atomic E-state index is 11.0. The van der Waals surface area contributed by atoms with Crippen LogP contribution in [-0.2, 0) is 9.59 Å². The van der Waals surface area contributed by atoms with Crippen molar-refractivity contribution in [1.29, 1.82) is 0 Å². The van der Waals surface area contributed by atoms with Crippen LogP contribution in [0.1, 0.15) is 13.8 Å². The third-order valence-electron chi connectivity index (χ3n) is 1.88. The Morgan fingerprint density at radius 2 is 1.76 bits per heavy atom. The fourth-order valence-corrected chi connectivity index (χ4v) is 2.07. The van der Waals surface area contributed by atoms with Gasteiger partial charge in [0, 0.05) is 16.7 Å². The Labute approximate surface area is 104 Å². The third-order valence-corrected chi connectivity index (χ3v) is 2.90. The Morgan fingerprint density at radius 1 is 1.18 bits per heavy atom. The zero-order valence-corrected chi connectivity index (χ0v) is 10.4. The molecular weight excluding hydrogens is 238 g/mol. The molecule has 0 aromatic heterocycles. The van der Waals surface area contributed by atoms with E-state index in [1.165, 1.54) is 18.7 Å². The molecule has 1 aromatic carbocycles. The summed E-state index contributed by atoms with van der Waals surface area (Å²) in [6, 6.07) is 9.38. The minimum Gasteiger partial charge on any atom is -0.477 e. The lowest BCUT2D eigenvalue weighted by Crippen LogP contribution is -2.25. The molecule has 0 fully saturated rings. The Balaban J connectivity index is 2.92. The van der Waals surface area contributed by atoms with Gasteiger partial charge < -0.3 is 10.4 Å². The van der Waals surface area contributed by atoms with Gasteiger partial charge in [-0.2, -0.15) is 0 Å². The lowest BCUT2D eigenvalue weighted by molar-refractivity contribution is -0.134. The number of thioether (sulfide) groups is 1. The average molecular weight is 251 g/mol. The minimum absolute atomic E-state index is 0.0775. The summed E-state index contributed by atoms with van der Waals surface area (Å²) in [5, 5.41) is 11.3. The summed E-state index contributed by atoms with van der Waals surface area (Å²) in [5.74, 6) is -1.53. The number of hydrogen-bond donors (Lipinski definition) is 2. The zero-order valence-electron chi connectivity index (χ0n) is 9.56. The highest BCUT2D eigenvalue weighted by Gasteiger charge is 2.13. The van der Waals surface area contributed by atoms with Crippen LogP contribution in [0, 0.1) is 0 Å². The van der Waals surface area contributed by atoms with E-state index in [0.29, 0.717) is 4.91 Å². The van der Waals surface area contributed by atoms with Crippen LogP contribution in [0.4, 0.5) is 0 Å². The van der Waals surface area contributed by atoms with E-state index in [1.807, 2.05) is 30.3 Å². The molecule has 1 amide bonds. The summed E-state index contributed by atoms with van der Waals surface area (Å²) in [6.45, 7) is 2.94. The molecule has 1 rings (SSSR count). The van der Waals surface area contributed by atoms with Crippen LogP contribution in [0.15, 0.2) is 45.8 Å². The van der Waals surface area contributed by atoms with Gasteiger partial charge in [0.15, 0.2) is 0 Å². The molecule has 0 saturated carbocycles. The molecule has 0 heterocycles. The van der Waals surface area contributed by atoms with Gasteiger partial charge in [-0.3, -0.25) is 4.79 Å². The van der Waals surface area contributed by atoms with E-state index < -0.39 is 11.9 Å². The predicted octanol–water partition coefficient (Wildman–Crippen LogP) is 2.23. The van der Waals surface area contributed by atoms with E-state index >= 15 is 0 Å². The summed E-state index contributed by atoms with van der Waals surface area (Å²) >= 11 is 1.31. The van der Waals surface area contributed by atoms with E-state index in [0.717, 1.165) is 4.90 Å². The van der Waals surface area contributed by atoms with Gasteiger partial charge in [-0.1, -0.05) is 30.0 Å². The highest BCUT2D eigenvalue weighted by molar-refractivity contribution is 8.03. The molecule has 90 valence electrons. The Hall–Kier alpha value is -1.75. The molecule has 1 aromatic rings. The van der Waals surface area contributed by atoms with Crippen molar-refractivity contribution < 1.29 is 14.7 Å². The van der Waals surface area contributed by atoms with Crippen molar-refractivity contribution in [3.05, 3.63) is 40.9 Å². The van der Waals surface area contributed by atoms with Crippen LogP contribution in [0.25, 0.3) is 0 Å². The first kappa shape index (κ1) is 13.3. The fourth-order valence-electron chi connectivity index (χ4n) is 1.18. The van der Waals surface area contributed by atoms with Crippen molar-refractivity contribution in [3.63, 3.8) is 0 Å². The van der Waals surface area contributed by atoms with Gasteiger partial charge >= 0.3 is 5.97 Å². The van der Waals surface area contributed by atoms with E-state index in [9.17, 15) is 9.59 Å². The number of rotatable bonds is 4. The normalized spacial score (nSPS) is 11.6. The second-order valence-electron chi connectivity index (χ2n) is 3.33. The molecule has 17 heavy (non-hydrogen) atoms. The topological polar surface area (TPSA) is 66.4 Å². The molecule has 0 bridgehead atoms. The Bertz CT molecular complexity index is 454. The van der Waals surface area contributed by atoms with E-state index in [1.54, 1.807) is 6.92 Å². The first-order chi connectivity index (χ1) is 8.00. The molecule has 0 radical (unpaired) electrons. The van der Waals surface area contributed by atoms with Gasteiger partial charge in [-0.05, 0) is 19.1 Å². The van der Waals surface area contributed by atoms with Gasteiger partial charge in [0.1, 0.15) is 5.70 Å². The van der Waals surface area contributed by atoms with Crippen LogP contribution in [0.3, 0.4) is 0 Å². The van der Waals surface area contributed by atoms with Crippen molar-refractivity contribution in [2.24, 2.45) is 0 Å². The molecule has 0 spiro atoms. The predicted molar refractivity (Wildman–Crippen MR) is 66.5 cm³/mol.